The van der Waals surface area contributed by atoms with Crippen LogP contribution in [0.15, 0.2) is 12.2 Å². The van der Waals surface area contributed by atoms with E-state index in [1.807, 2.05) is 12.2 Å². The Morgan fingerprint density at radius 2 is 1.74 bits per heavy atom. The smallest absolute Gasteiger partial charge is 0.370 e. The summed E-state index contributed by atoms with van der Waals surface area (Å²) in [5.74, 6) is -0.372. The number of alkyl halides is 3. The Morgan fingerprint density at radius 1 is 1.17 bits per heavy atom. The van der Waals surface area contributed by atoms with Crippen molar-refractivity contribution in [2.75, 3.05) is 0 Å². The Hall–Kier alpha value is -0.873. The topological polar surface area (TPSA) is 103 Å². The van der Waals surface area contributed by atoms with Gasteiger partial charge in [-0.2, -0.15) is 13.2 Å². The molecule has 0 fully saturated rings. The molecular formula is C13H23F3N2O3SSi. The summed E-state index contributed by atoms with van der Waals surface area (Å²) in [6, 6.07) is 2.92. The molecule has 4 N–H and O–H groups in total. The number of halogens is 3. The van der Waals surface area contributed by atoms with Crippen LogP contribution in [-0.2, 0) is 14.6 Å². The van der Waals surface area contributed by atoms with E-state index in [1.165, 1.54) is 0 Å². The van der Waals surface area contributed by atoms with Crippen LogP contribution in [0.1, 0.15) is 25.7 Å². The quantitative estimate of drug-likeness (QED) is 0.368. The Bertz CT molecular complexity index is 541. The maximum Gasteiger partial charge on any atom is 0.498 e. The molecule has 0 saturated heterocycles. The normalized spacial score (nSPS) is 19.0. The lowest BCUT2D eigenvalue weighted by Crippen LogP contribution is -2.42. The van der Waals surface area contributed by atoms with Crippen molar-refractivity contribution in [1.82, 2.24) is 0 Å². The van der Waals surface area contributed by atoms with Crippen molar-refractivity contribution in [3.63, 3.8) is 0 Å². The van der Waals surface area contributed by atoms with E-state index < -0.39 is 28.8 Å². The fourth-order valence-corrected chi connectivity index (χ4v) is 8.33. The van der Waals surface area contributed by atoms with Crippen molar-refractivity contribution < 1.29 is 26.4 Å². The summed E-state index contributed by atoms with van der Waals surface area (Å²) in [7, 11) is -7.19. The number of rotatable bonds is 9. The van der Waals surface area contributed by atoms with Gasteiger partial charge in [-0.3, -0.25) is 4.79 Å². The fourth-order valence-electron chi connectivity index (χ4n) is 2.86. The van der Waals surface area contributed by atoms with Crippen LogP contribution in [0.4, 0.5) is 13.2 Å². The molecule has 1 rings (SSSR count). The zero-order chi connectivity index (χ0) is 17.7. The van der Waals surface area contributed by atoms with Gasteiger partial charge in [-0.05, 0) is 24.9 Å². The maximum absolute atomic E-state index is 12.5. The summed E-state index contributed by atoms with van der Waals surface area (Å²) in [4.78, 5) is 10.7. The Morgan fingerprint density at radius 3 is 2.22 bits per heavy atom. The molecule has 0 saturated carbocycles. The Labute approximate surface area is 135 Å². The van der Waals surface area contributed by atoms with Crippen molar-refractivity contribution >= 4 is 23.8 Å². The second kappa shape index (κ2) is 7.80. The van der Waals surface area contributed by atoms with Gasteiger partial charge in [0.15, 0.2) is 0 Å². The van der Waals surface area contributed by atoms with Crippen LogP contribution in [0, 0.1) is 0 Å². The van der Waals surface area contributed by atoms with Gasteiger partial charge < -0.3 is 11.5 Å². The first-order valence-electron chi connectivity index (χ1n) is 7.49. The summed E-state index contributed by atoms with van der Waals surface area (Å²) in [6.45, 7) is 0. The van der Waals surface area contributed by atoms with Crippen LogP contribution in [0.3, 0.4) is 0 Å². The zero-order valence-corrected chi connectivity index (χ0v) is 14.6. The van der Waals surface area contributed by atoms with Crippen molar-refractivity contribution in [3.05, 3.63) is 12.2 Å². The predicted molar refractivity (Wildman–Crippen MR) is 84.7 cm³/mol. The van der Waals surface area contributed by atoms with Gasteiger partial charge in [0, 0.05) is 6.42 Å². The molecule has 5 nitrogen and oxygen atoms in total. The number of unbranched alkanes of at least 4 members (excludes halogenated alkanes) is 1. The predicted octanol–water partition coefficient (Wildman–Crippen LogP) is 2.27. The van der Waals surface area contributed by atoms with E-state index in [9.17, 15) is 26.4 Å². The standard InChI is InChI=1S/C13H23F3N2O3SSi/c14-13(15,16)22(20,21)12(18)6-10-23(8-3-4-9-23)7-2-1-5-11(17)19/h3-4,12H,1-2,5-10,18H2,(H2,17,19). The van der Waals surface area contributed by atoms with Crippen LogP contribution in [0.2, 0.25) is 24.2 Å². The van der Waals surface area contributed by atoms with Crippen molar-refractivity contribution in [2.45, 2.75) is 60.7 Å². The van der Waals surface area contributed by atoms with E-state index in [0.717, 1.165) is 24.6 Å². The number of allylic oxidation sites excluding steroid dienone is 2. The van der Waals surface area contributed by atoms with Crippen molar-refractivity contribution in [3.8, 4) is 0 Å². The van der Waals surface area contributed by atoms with Crippen LogP contribution in [-0.4, -0.2) is 33.3 Å². The maximum atomic E-state index is 12.5. The number of carbonyl (C=O) groups excluding carboxylic acids is 1. The molecule has 10 heteroatoms. The zero-order valence-electron chi connectivity index (χ0n) is 12.8. The molecule has 134 valence electrons. The first-order valence-corrected chi connectivity index (χ1v) is 11.9. The molecule has 0 spiro atoms. The molecule has 0 aromatic heterocycles. The van der Waals surface area contributed by atoms with Crippen LogP contribution >= 0.6 is 0 Å². The summed E-state index contributed by atoms with van der Waals surface area (Å²) < 4.78 is 60.1. The Balaban J connectivity index is 2.58. The Kier molecular flexibility index (Phi) is 6.84. The molecule has 0 radical (unpaired) electrons. The highest BCUT2D eigenvalue weighted by molar-refractivity contribution is 7.92. The number of primary amides is 1. The van der Waals surface area contributed by atoms with E-state index in [1.54, 1.807) is 0 Å². The highest BCUT2D eigenvalue weighted by atomic mass is 32.2. The van der Waals surface area contributed by atoms with Crippen LogP contribution < -0.4 is 11.5 Å². The molecule has 23 heavy (non-hydrogen) atoms. The second-order valence-electron chi connectivity index (χ2n) is 6.12. The van der Waals surface area contributed by atoms with Gasteiger partial charge in [0.1, 0.15) is 5.37 Å². The minimum absolute atomic E-state index is 0.175. The third-order valence-electron chi connectivity index (χ3n) is 4.33. The van der Waals surface area contributed by atoms with Gasteiger partial charge in [0.2, 0.25) is 5.91 Å². The van der Waals surface area contributed by atoms with Crippen molar-refractivity contribution in [2.24, 2.45) is 11.5 Å². The number of hydrogen-bond acceptors (Lipinski definition) is 4. The average molecular weight is 372 g/mol. The molecule has 1 aliphatic rings. The number of carbonyl (C=O) groups is 1. The van der Waals surface area contributed by atoms with Gasteiger partial charge in [0.25, 0.3) is 9.84 Å². The van der Waals surface area contributed by atoms with Gasteiger partial charge in [-0.15, -0.1) is 0 Å². The van der Waals surface area contributed by atoms with Gasteiger partial charge in [0.05, 0.1) is 8.07 Å². The SMILES string of the molecule is NC(=O)CCCC[Si]1(CCC(N)S(=O)(=O)C(F)(F)F)CC=CC1. The average Bonchev–Trinajstić information content (AvgIpc) is 2.89. The third-order valence-corrected chi connectivity index (χ3v) is 11.0. The minimum atomic E-state index is -5.31. The van der Waals surface area contributed by atoms with E-state index in [0.29, 0.717) is 18.9 Å². The van der Waals surface area contributed by atoms with Crippen LogP contribution in [0.5, 0.6) is 0 Å². The molecule has 1 amide bonds. The highest BCUT2D eigenvalue weighted by Gasteiger charge is 2.49. The number of hydrogen-bond donors (Lipinski definition) is 2. The first-order chi connectivity index (χ1) is 10.5. The lowest BCUT2D eigenvalue weighted by atomic mass is 10.2. The van der Waals surface area contributed by atoms with Gasteiger partial charge in [-0.1, -0.05) is 30.7 Å². The number of amides is 1. The van der Waals surface area contributed by atoms with Gasteiger partial charge >= 0.3 is 5.51 Å². The number of nitrogens with two attached hydrogens (primary N) is 2. The molecule has 1 aliphatic heterocycles. The monoisotopic (exact) mass is 372 g/mol. The lowest BCUT2D eigenvalue weighted by Gasteiger charge is -2.28. The molecule has 1 heterocycles. The van der Waals surface area contributed by atoms with Gasteiger partial charge in [-0.25, -0.2) is 8.42 Å². The van der Waals surface area contributed by atoms with Crippen molar-refractivity contribution in [1.29, 1.82) is 0 Å². The summed E-state index contributed by atoms with van der Waals surface area (Å²) in [6.07, 6.45) is 5.55. The highest BCUT2D eigenvalue weighted by Crippen LogP contribution is 2.36. The minimum Gasteiger partial charge on any atom is -0.370 e. The molecular weight excluding hydrogens is 349 g/mol. The molecule has 0 aromatic carbocycles. The van der Waals surface area contributed by atoms with E-state index >= 15 is 0 Å². The number of sulfone groups is 1. The van der Waals surface area contributed by atoms with E-state index in [-0.39, 0.29) is 12.3 Å². The third kappa shape index (κ3) is 5.61. The molecule has 0 bridgehead atoms. The molecule has 1 atom stereocenters. The second-order valence-corrected chi connectivity index (χ2v) is 13.1. The summed E-state index contributed by atoms with van der Waals surface area (Å²) in [5, 5.41) is -1.90. The van der Waals surface area contributed by atoms with E-state index in [4.69, 9.17) is 11.5 Å². The molecule has 1 unspecified atom stereocenters. The summed E-state index contributed by atoms with van der Waals surface area (Å²) in [5.41, 5.74) is 5.07. The van der Waals surface area contributed by atoms with Crippen LogP contribution in [0.25, 0.3) is 0 Å². The lowest BCUT2D eigenvalue weighted by molar-refractivity contribution is -0.118. The largest absolute Gasteiger partial charge is 0.498 e. The van der Waals surface area contributed by atoms with E-state index in [2.05, 4.69) is 0 Å². The fraction of sp³-hybridized carbons (Fsp3) is 0.769. The molecule has 0 aromatic rings. The molecule has 0 aliphatic carbocycles. The first kappa shape index (κ1) is 20.2. The summed E-state index contributed by atoms with van der Waals surface area (Å²) >= 11 is 0.